The number of aryl methyl sites for hydroxylation is 2. The summed E-state index contributed by atoms with van der Waals surface area (Å²) in [5.41, 5.74) is 5.22. The number of nitrogens with two attached hydrogens (primary N) is 1. The van der Waals surface area contributed by atoms with Crippen LogP contribution < -0.4 is 11.3 Å². The number of nitrogens with one attached hydrogen (secondary N) is 1. The normalized spacial score (nSPS) is 10.4. The molecule has 84 valence electrons. The predicted molar refractivity (Wildman–Crippen MR) is 61.4 cm³/mol. The molecule has 0 amide bonds. The van der Waals surface area contributed by atoms with Gasteiger partial charge in [0, 0.05) is 31.2 Å². The molecule has 0 aliphatic carbocycles. The number of rotatable bonds is 3. The second-order valence-electron chi connectivity index (χ2n) is 3.41. The van der Waals surface area contributed by atoms with Gasteiger partial charge in [-0.15, -0.1) is 0 Å². The number of aromatic nitrogens is 4. The van der Waals surface area contributed by atoms with Crippen LogP contribution >= 0.6 is 0 Å². The second kappa shape index (κ2) is 4.28. The Hall–Kier alpha value is -1.95. The predicted octanol–water partition coefficient (Wildman–Crippen LogP) is 0.725. The molecule has 0 unspecified atom stereocenters. The van der Waals surface area contributed by atoms with Crippen molar-refractivity contribution in [3.63, 3.8) is 0 Å². The summed E-state index contributed by atoms with van der Waals surface area (Å²) < 4.78 is 1.77. The van der Waals surface area contributed by atoms with E-state index in [1.807, 2.05) is 13.2 Å². The molecule has 0 saturated heterocycles. The highest BCUT2D eigenvalue weighted by Crippen LogP contribution is 2.25. The molecular formula is C10H14N6. The van der Waals surface area contributed by atoms with Crippen LogP contribution in [0.5, 0.6) is 0 Å². The SMILES string of the molecule is CCc1nn(C)cc1-c1nccnc1NN. The molecule has 0 atom stereocenters. The van der Waals surface area contributed by atoms with E-state index >= 15 is 0 Å². The molecular weight excluding hydrogens is 204 g/mol. The Kier molecular flexibility index (Phi) is 2.82. The summed E-state index contributed by atoms with van der Waals surface area (Å²) in [6, 6.07) is 0. The number of anilines is 1. The molecule has 6 heteroatoms. The molecule has 0 spiro atoms. The van der Waals surface area contributed by atoms with Gasteiger partial charge in [-0.1, -0.05) is 6.92 Å². The first kappa shape index (κ1) is 10.6. The van der Waals surface area contributed by atoms with Gasteiger partial charge in [0.25, 0.3) is 0 Å². The maximum absolute atomic E-state index is 5.41. The van der Waals surface area contributed by atoms with Crippen molar-refractivity contribution in [2.24, 2.45) is 12.9 Å². The van der Waals surface area contributed by atoms with Gasteiger partial charge in [-0.3, -0.25) is 9.67 Å². The fourth-order valence-corrected chi connectivity index (χ4v) is 1.63. The number of hydrazine groups is 1. The molecule has 0 saturated carbocycles. The van der Waals surface area contributed by atoms with E-state index in [0.29, 0.717) is 5.82 Å². The van der Waals surface area contributed by atoms with Gasteiger partial charge >= 0.3 is 0 Å². The highest BCUT2D eigenvalue weighted by atomic mass is 15.3. The third-order valence-corrected chi connectivity index (χ3v) is 2.33. The topological polar surface area (TPSA) is 81.7 Å². The van der Waals surface area contributed by atoms with E-state index < -0.39 is 0 Å². The fourth-order valence-electron chi connectivity index (χ4n) is 1.63. The molecule has 6 nitrogen and oxygen atoms in total. The van der Waals surface area contributed by atoms with E-state index in [4.69, 9.17) is 5.84 Å². The molecule has 3 N–H and O–H groups in total. The van der Waals surface area contributed by atoms with Crippen LogP contribution in [-0.2, 0) is 13.5 Å². The summed E-state index contributed by atoms with van der Waals surface area (Å²) in [5.74, 6) is 5.97. The Morgan fingerprint density at radius 1 is 1.38 bits per heavy atom. The lowest BCUT2D eigenvalue weighted by Crippen LogP contribution is -2.10. The minimum absolute atomic E-state index is 0.560. The van der Waals surface area contributed by atoms with Gasteiger partial charge in [0.2, 0.25) is 0 Å². The van der Waals surface area contributed by atoms with Crippen molar-refractivity contribution in [2.45, 2.75) is 13.3 Å². The number of hydrogen-bond acceptors (Lipinski definition) is 5. The van der Waals surface area contributed by atoms with Crippen LogP contribution in [0.25, 0.3) is 11.3 Å². The number of hydrogen-bond donors (Lipinski definition) is 2. The zero-order valence-electron chi connectivity index (χ0n) is 9.31. The zero-order chi connectivity index (χ0) is 11.5. The van der Waals surface area contributed by atoms with Gasteiger partial charge in [0.1, 0.15) is 5.69 Å². The summed E-state index contributed by atoms with van der Waals surface area (Å²) >= 11 is 0. The monoisotopic (exact) mass is 218 g/mol. The zero-order valence-corrected chi connectivity index (χ0v) is 9.31. The highest BCUT2D eigenvalue weighted by Gasteiger charge is 2.13. The maximum atomic E-state index is 5.41. The molecule has 2 rings (SSSR count). The van der Waals surface area contributed by atoms with Crippen molar-refractivity contribution < 1.29 is 0 Å². The molecule has 16 heavy (non-hydrogen) atoms. The minimum atomic E-state index is 0.560. The largest absolute Gasteiger partial charge is 0.307 e. The van der Waals surface area contributed by atoms with Crippen LogP contribution in [0.2, 0.25) is 0 Å². The smallest absolute Gasteiger partial charge is 0.166 e. The van der Waals surface area contributed by atoms with Crippen molar-refractivity contribution in [1.82, 2.24) is 19.7 Å². The molecule has 2 aromatic rings. The van der Waals surface area contributed by atoms with E-state index in [1.165, 1.54) is 0 Å². The van der Waals surface area contributed by atoms with Crippen molar-refractivity contribution in [1.29, 1.82) is 0 Å². The lowest BCUT2D eigenvalue weighted by atomic mass is 10.1. The van der Waals surface area contributed by atoms with Crippen molar-refractivity contribution in [3.05, 3.63) is 24.3 Å². The minimum Gasteiger partial charge on any atom is -0.307 e. The average Bonchev–Trinajstić information content (AvgIpc) is 2.70. The molecule has 0 radical (unpaired) electrons. The summed E-state index contributed by atoms with van der Waals surface area (Å²) in [6.45, 7) is 2.05. The molecule has 0 aliphatic heterocycles. The third kappa shape index (κ3) is 1.74. The van der Waals surface area contributed by atoms with Crippen LogP contribution in [0, 0.1) is 0 Å². The maximum Gasteiger partial charge on any atom is 0.166 e. The van der Waals surface area contributed by atoms with Gasteiger partial charge in [-0.2, -0.15) is 5.10 Å². The van der Waals surface area contributed by atoms with Crippen molar-refractivity contribution >= 4 is 5.82 Å². The summed E-state index contributed by atoms with van der Waals surface area (Å²) in [4.78, 5) is 8.41. The van der Waals surface area contributed by atoms with Crippen LogP contribution in [0.4, 0.5) is 5.82 Å². The van der Waals surface area contributed by atoms with Gasteiger partial charge in [0.15, 0.2) is 5.82 Å². The van der Waals surface area contributed by atoms with Crippen LogP contribution in [0.15, 0.2) is 18.6 Å². The first-order valence-electron chi connectivity index (χ1n) is 5.06. The molecule has 0 aromatic carbocycles. The summed E-state index contributed by atoms with van der Waals surface area (Å²) in [6.07, 6.45) is 6.00. The molecule has 0 aliphatic rings. The summed E-state index contributed by atoms with van der Waals surface area (Å²) in [7, 11) is 1.88. The van der Waals surface area contributed by atoms with E-state index in [2.05, 4.69) is 27.4 Å². The van der Waals surface area contributed by atoms with Gasteiger partial charge in [0.05, 0.1) is 5.69 Å². The van der Waals surface area contributed by atoms with Crippen LogP contribution in [-0.4, -0.2) is 19.7 Å². The van der Waals surface area contributed by atoms with Gasteiger partial charge in [-0.25, -0.2) is 10.8 Å². The van der Waals surface area contributed by atoms with Crippen molar-refractivity contribution in [3.8, 4) is 11.3 Å². The lowest BCUT2D eigenvalue weighted by molar-refractivity contribution is 0.746. The summed E-state index contributed by atoms with van der Waals surface area (Å²) in [5, 5.41) is 4.36. The first-order valence-corrected chi connectivity index (χ1v) is 5.06. The highest BCUT2D eigenvalue weighted by molar-refractivity contribution is 5.72. The first-order chi connectivity index (χ1) is 7.76. The van der Waals surface area contributed by atoms with Crippen LogP contribution in [0.1, 0.15) is 12.6 Å². The second-order valence-corrected chi connectivity index (χ2v) is 3.41. The Morgan fingerprint density at radius 2 is 2.12 bits per heavy atom. The van der Waals surface area contributed by atoms with E-state index in [0.717, 1.165) is 23.4 Å². The average molecular weight is 218 g/mol. The van der Waals surface area contributed by atoms with E-state index in [-0.39, 0.29) is 0 Å². The van der Waals surface area contributed by atoms with Gasteiger partial charge in [-0.05, 0) is 6.42 Å². The number of nitrogens with zero attached hydrogens (tertiary/aromatic N) is 4. The fraction of sp³-hybridized carbons (Fsp3) is 0.300. The van der Waals surface area contributed by atoms with Crippen molar-refractivity contribution in [2.75, 3.05) is 5.43 Å². The molecule has 2 aromatic heterocycles. The molecule has 2 heterocycles. The molecule has 0 bridgehead atoms. The number of nitrogen functional groups attached to an aromatic ring is 1. The Bertz CT molecular complexity index is 490. The van der Waals surface area contributed by atoms with E-state index in [9.17, 15) is 0 Å². The lowest BCUT2D eigenvalue weighted by Gasteiger charge is -2.05. The Balaban J connectivity index is 2.57. The third-order valence-electron chi connectivity index (χ3n) is 2.33. The van der Waals surface area contributed by atoms with Crippen LogP contribution in [0.3, 0.4) is 0 Å². The Morgan fingerprint density at radius 3 is 2.81 bits per heavy atom. The standard InChI is InChI=1S/C10H14N6/c1-3-8-7(6-16(2)15-8)9-10(14-11)13-5-4-12-9/h4-6H,3,11H2,1-2H3,(H,13,14). The Labute approximate surface area is 93.5 Å². The van der Waals surface area contributed by atoms with Gasteiger partial charge < -0.3 is 5.43 Å². The van der Waals surface area contributed by atoms with E-state index in [1.54, 1.807) is 17.1 Å². The quantitative estimate of drug-likeness (QED) is 0.586. The molecule has 0 fully saturated rings.